The van der Waals surface area contributed by atoms with Gasteiger partial charge in [-0.1, -0.05) is 19.0 Å². The first kappa shape index (κ1) is 13.8. The summed E-state index contributed by atoms with van der Waals surface area (Å²) in [5.74, 6) is 0.585. The fourth-order valence-electron chi connectivity index (χ4n) is 2.28. The van der Waals surface area contributed by atoms with Gasteiger partial charge in [-0.25, -0.2) is 4.98 Å². The molecule has 0 saturated carbocycles. The number of nitrogens with zero attached hydrogens (tertiary/aromatic N) is 2. The predicted octanol–water partition coefficient (Wildman–Crippen LogP) is 3.14. The van der Waals surface area contributed by atoms with Crippen molar-refractivity contribution in [2.24, 2.45) is 0 Å². The van der Waals surface area contributed by atoms with E-state index in [0.717, 1.165) is 22.1 Å². The second-order valence-electron chi connectivity index (χ2n) is 5.32. The molecule has 0 unspecified atom stereocenters. The lowest BCUT2D eigenvalue weighted by Gasteiger charge is -2.13. The van der Waals surface area contributed by atoms with Gasteiger partial charge in [-0.05, 0) is 37.5 Å². The van der Waals surface area contributed by atoms with E-state index in [1.807, 2.05) is 57.2 Å². The minimum atomic E-state index is -0.0122. The van der Waals surface area contributed by atoms with E-state index in [4.69, 9.17) is 9.07 Å². The summed E-state index contributed by atoms with van der Waals surface area (Å²) in [4.78, 5) is 8.78. The first-order valence-corrected chi connectivity index (χ1v) is 7.10. The van der Waals surface area contributed by atoms with Crippen molar-refractivity contribution in [2.45, 2.75) is 26.8 Å². The normalized spacial score (nSPS) is 11.2. The number of pyridine rings is 1. The maximum atomic E-state index is 5.79. The van der Waals surface area contributed by atoms with Crippen LogP contribution in [0.3, 0.4) is 0 Å². The molecule has 0 aliphatic rings. The standard InChI is InChI=1S/C16H17BN2O2/c1-11(2)21-17(3)13-8-12(9-18-10-13)16-19-14-6-4-5-7-15(14)20-16/h4-11H,1-3H3. The Hall–Kier alpha value is -2.14. The van der Waals surface area contributed by atoms with Crippen molar-refractivity contribution >= 4 is 23.5 Å². The van der Waals surface area contributed by atoms with E-state index >= 15 is 0 Å². The second-order valence-corrected chi connectivity index (χ2v) is 5.32. The quantitative estimate of drug-likeness (QED) is 0.689. The topological polar surface area (TPSA) is 48.2 Å². The third-order valence-corrected chi connectivity index (χ3v) is 3.25. The highest BCUT2D eigenvalue weighted by atomic mass is 16.4. The van der Waals surface area contributed by atoms with Gasteiger partial charge in [0.25, 0.3) is 0 Å². The van der Waals surface area contributed by atoms with Crippen molar-refractivity contribution < 1.29 is 9.07 Å². The van der Waals surface area contributed by atoms with Gasteiger partial charge in [-0.15, -0.1) is 0 Å². The summed E-state index contributed by atoms with van der Waals surface area (Å²) < 4.78 is 11.6. The van der Waals surface area contributed by atoms with Crippen LogP contribution in [-0.4, -0.2) is 23.0 Å². The van der Waals surface area contributed by atoms with Gasteiger partial charge >= 0.3 is 6.92 Å². The number of fused-ring (bicyclic) bond motifs is 1. The Labute approximate surface area is 124 Å². The van der Waals surface area contributed by atoms with Crippen molar-refractivity contribution in [3.05, 3.63) is 42.7 Å². The van der Waals surface area contributed by atoms with Crippen LogP contribution in [0.4, 0.5) is 0 Å². The largest absolute Gasteiger partial charge is 0.436 e. The molecule has 0 amide bonds. The average Bonchev–Trinajstić information content (AvgIpc) is 2.90. The molecule has 0 spiro atoms. The molecule has 0 saturated heterocycles. The molecular weight excluding hydrogens is 263 g/mol. The zero-order chi connectivity index (χ0) is 14.8. The van der Waals surface area contributed by atoms with Gasteiger partial charge in [-0.3, -0.25) is 4.98 Å². The average molecular weight is 280 g/mol. The Kier molecular flexibility index (Phi) is 3.75. The van der Waals surface area contributed by atoms with Gasteiger partial charge in [0.1, 0.15) is 5.52 Å². The number of para-hydroxylation sites is 2. The van der Waals surface area contributed by atoms with Crippen molar-refractivity contribution in [3.63, 3.8) is 0 Å². The first-order chi connectivity index (χ1) is 10.1. The van der Waals surface area contributed by atoms with Crippen LogP contribution in [-0.2, 0) is 4.65 Å². The molecule has 3 rings (SSSR count). The van der Waals surface area contributed by atoms with E-state index < -0.39 is 0 Å². The van der Waals surface area contributed by atoms with Crippen molar-refractivity contribution in [3.8, 4) is 11.5 Å². The van der Waals surface area contributed by atoms with E-state index in [9.17, 15) is 0 Å². The second kappa shape index (κ2) is 5.70. The fourth-order valence-corrected chi connectivity index (χ4v) is 2.28. The summed E-state index contributed by atoms with van der Waals surface area (Å²) in [6, 6.07) is 9.74. The summed E-state index contributed by atoms with van der Waals surface area (Å²) in [6.07, 6.45) is 3.75. The van der Waals surface area contributed by atoms with E-state index in [-0.39, 0.29) is 13.0 Å². The molecule has 0 fully saturated rings. The SMILES string of the molecule is CB(OC(C)C)c1cncc(-c2nc3ccccc3o2)c1. The Morgan fingerprint density at radius 1 is 1.19 bits per heavy atom. The number of hydrogen-bond donors (Lipinski definition) is 0. The zero-order valence-electron chi connectivity index (χ0n) is 12.4. The summed E-state index contributed by atoms with van der Waals surface area (Å²) in [6.45, 7) is 6.05. The number of benzene rings is 1. The lowest BCUT2D eigenvalue weighted by Crippen LogP contribution is -2.33. The molecule has 0 radical (unpaired) electrons. The van der Waals surface area contributed by atoms with Crippen LogP contribution < -0.4 is 5.46 Å². The predicted molar refractivity (Wildman–Crippen MR) is 84.7 cm³/mol. The first-order valence-electron chi connectivity index (χ1n) is 7.10. The highest BCUT2D eigenvalue weighted by molar-refractivity contribution is 6.66. The molecule has 2 heterocycles. The van der Waals surface area contributed by atoms with Gasteiger partial charge in [0.05, 0.1) is 5.56 Å². The van der Waals surface area contributed by atoms with Crippen LogP contribution in [0.15, 0.2) is 47.1 Å². The summed E-state index contributed by atoms with van der Waals surface area (Å²) >= 11 is 0. The van der Waals surface area contributed by atoms with Crippen LogP contribution in [0.2, 0.25) is 6.82 Å². The van der Waals surface area contributed by atoms with Gasteiger partial charge < -0.3 is 9.07 Å². The van der Waals surface area contributed by atoms with Gasteiger partial charge in [0.15, 0.2) is 5.58 Å². The van der Waals surface area contributed by atoms with Gasteiger partial charge in [0, 0.05) is 18.5 Å². The molecule has 106 valence electrons. The Balaban J connectivity index is 1.95. The fraction of sp³-hybridized carbons (Fsp3) is 0.250. The van der Waals surface area contributed by atoms with Gasteiger partial charge in [-0.2, -0.15) is 0 Å². The summed E-state index contributed by atoms with van der Waals surface area (Å²) in [5, 5.41) is 0. The number of rotatable bonds is 4. The van der Waals surface area contributed by atoms with Gasteiger partial charge in [0.2, 0.25) is 5.89 Å². The molecule has 5 heteroatoms. The number of hydrogen-bond acceptors (Lipinski definition) is 4. The molecule has 0 bridgehead atoms. The number of oxazole rings is 1. The van der Waals surface area contributed by atoms with Crippen LogP contribution in [0.5, 0.6) is 0 Å². The Morgan fingerprint density at radius 3 is 2.76 bits per heavy atom. The third-order valence-electron chi connectivity index (χ3n) is 3.25. The van der Waals surface area contributed by atoms with E-state index in [0.29, 0.717) is 5.89 Å². The molecule has 0 atom stereocenters. The Bertz CT molecular complexity index is 722. The monoisotopic (exact) mass is 280 g/mol. The zero-order valence-corrected chi connectivity index (χ0v) is 12.4. The molecule has 2 aromatic heterocycles. The third kappa shape index (κ3) is 2.98. The molecule has 0 aliphatic heterocycles. The van der Waals surface area contributed by atoms with Crippen molar-refractivity contribution in [2.75, 3.05) is 0 Å². The van der Waals surface area contributed by atoms with E-state index in [2.05, 4.69) is 9.97 Å². The van der Waals surface area contributed by atoms with Crippen LogP contribution >= 0.6 is 0 Å². The maximum absolute atomic E-state index is 5.79. The molecule has 0 N–H and O–H groups in total. The molecular formula is C16H17BN2O2. The summed E-state index contributed by atoms with van der Waals surface area (Å²) in [5.41, 5.74) is 3.51. The minimum Gasteiger partial charge on any atom is -0.436 e. The lowest BCUT2D eigenvalue weighted by atomic mass is 9.64. The van der Waals surface area contributed by atoms with Crippen molar-refractivity contribution in [1.82, 2.24) is 9.97 Å². The Morgan fingerprint density at radius 2 is 2.00 bits per heavy atom. The van der Waals surface area contributed by atoms with Crippen LogP contribution in [0.1, 0.15) is 13.8 Å². The summed E-state index contributed by atoms with van der Waals surface area (Å²) in [7, 11) is 0. The van der Waals surface area contributed by atoms with Crippen LogP contribution in [0.25, 0.3) is 22.6 Å². The molecule has 0 aliphatic carbocycles. The highest BCUT2D eigenvalue weighted by Crippen LogP contribution is 2.22. The van der Waals surface area contributed by atoms with E-state index in [1.54, 1.807) is 6.20 Å². The molecule has 4 nitrogen and oxygen atoms in total. The molecule has 1 aromatic carbocycles. The number of aromatic nitrogens is 2. The smallest absolute Gasteiger partial charge is 0.325 e. The lowest BCUT2D eigenvalue weighted by molar-refractivity contribution is 0.250. The van der Waals surface area contributed by atoms with Crippen molar-refractivity contribution in [1.29, 1.82) is 0 Å². The molecule has 21 heavy (non-hydrogen) atoms. The maximum Gasteiger partial charge on any atom is 0.325 e. The van der Waals surface area contributed by atoms with E-state index in [1.165, 1.54) is 0 Å². The van der Waals surface area contributed by atoms with Crippen LogP contribution in [0, 0.1) is 0 Å². The highest BCUT2D eigenvalue weighted by Gasteiger charge is 2.16. The minimum absolute atomic E-state index is 0.0122. The molecule has 3 aromatic rings.